The van der Waals surface area contributed by atoms with E-state index in [9.17, 15) is 9.59 Å². The molecule has 2 bridgehead atoms. The number of carbonyl (C=O) groups excluding carboxylic acids is 2. The van der Waals surface area contributed by atoms with Crippen molar-refractivity contribution < 1.29 is 38.3 Å². The van der Waals surface area contributed by atoms with Crippen molar-refractivity contribution in [1.29, 1.82) is 0 Å². The molecular weight excluding hydrogens is 528 g/mol. The Labute approximate surface area is 242 Å². The SMILES string of the molecule is C[C@H]1[C@@H](OC(=O)CCC(=O)NCc2ccc(CN3CCOCC3)cc2)O[C@@H]2O[C@]3(C)CC[C@@H]4[C@H](C)CC[C@H]1[C@@]24OO3. The Morgan fingerprint density at radius 1 is 1.00 bits per heavy atom. The minimum Gasteiger partial charge on any atom is -0.435 e. The third kappa shape index (κ3) is 5.92. The summed E-state index contributed by atoms with van der Waals surface area (Å²) in [7, 11) is 0. The summed E-state index contributed by atoms with van der Waals surface area (Å²) in [6.07, 6.45) is 2.27. The first-order chi connectivity index (χ1) is 19.8. The summed E-state index contributed by atoms with van der Waals surface area (Å²) in [5, 5.41) is 2.91. The maximum absolute atomic E-state index is 12.8. The van der Waals surface area contributed by atoms with Crippen molar-refractivity contribution in [2.24, 2.45) is 23.7 Å². The van der Waals surface area contributed by atoms with Crippen molar-refractivity contribution in [1.82, 2.24) is 10.2 Å². The van der Waals surface area contributed by atoms with E-state index < -0.39 is 29.9 Å². The summed E-state index contributed by atoms with van der Waals surface area (Å²) in [5.41, 5.74) is 1.56. The van der Waals surface area contributed by atoms with Gasteiger partial charge in [-0.1, -0.05) is 38.1 Å². The van der Waals surface area contributed by atoms with Crippen LogP contribution in [0.4, 0.5) is 0 Å². The maximum atomic E-state index is 12.8. The fourth-order valence-corrected chi connectivity index (χ4v) is 7.48. The fourth-order valence-electron chi connectivity index (χ4n) is 7.48. The molecule has 0 radical (unpaired) electrons. The molecule has 7 rings (SSSR count). The predicted octanol–water partition coefficient (Wildman–Crippen LogP) is 3.67. The molecule has 226 valence electrons. The van der Waals surface area contributed by atoms with Gasteiger partial charge >= 0.3 is 5.97 Å². The summed E-state index contributed by atoms with van der Waals surface area (Å²) in [5.74, 6) is -0.840. The Balaban J connectivity index is 0.981. The first kappa shape index (κ1) is 29.0. The highest BCUT2D eigenvalue weighted by Crippen LogP contribution is 2.60. The lowest BCUT2D eigenvalue weighted by atomic mass is 9.58. The third-order valence-electron chi connectivity index (χ3n) is 9.92. The smallest absolute Gasteiger partial charge is 0.308 e. The van der Waals surface area contributed by atoms with E-state index in [0.717, 1.165) is 64.1 Å². The van der Waals surface area contributed by atoms with E-state index in [1.807, 2.05) is 26.0 Å². The van der Waals surface area contributed by atoms with Gasteiger partial charge in [0, 0.05) is 50.9 Å². The second-order valence-electron chi connectivity index (χ2n) is 12.7. The van der Waals surface area contributed by atoms with Crippen molar-refractivity contribution in [2.45, 2.75) is 96.4 Å². The lowest BCUT2D eigenvalue weighted by Gasteiger charge is -2.59. The van der Waals surface area contributed by atoms with Gasteiger partial charge in [-0.15, -0.1) is 0 Å². The van der Waals surface area contributed by atoms with Gasteiger partial charge in [-0.25, -0.2) is 9.78 Å². The normalized spacial score (nSPS) is 38.5. The Hall–Kier alpha value is -2.08. The summed E-state index contributed by atoms with van der Waals surface area (Å²) in [6.45, 7) is 11.0. The monoisotopic (exact) mass is 572 g/mol. The van der Waals surface area contributed by atoms with Gasteiger partial charge < -0.3 is 24.3 Å². The van der Waals surface area contributed by atoms with Crippen LogP contribution in [0.5, 0.6) is 0 Å². The highest BCUT2D eigenvalue weighted by atomic mass is 17.3. The van der Waals surface area contributed by atoms with Gasteiger partial charge in [0.25, 0.3) is 0 Å². The number of morpholine rings is 1. The van der Waals surface area contributed by atoms with E-state index in [4.69, 9.17) is 28.7 Å². The third-order valence-corrected chi connectivity index (χ3v) is 9.92. The molecule has 41 heavy (non-hydrogen) atoms. The van der Waals surface area contributed by atoms with Gasteiger partial charge in [0.05, 0.1) is 19.6 Å². The molecule has 5 aliphatic heterocycles. The van der Waals surface area contributed by atoms with Crippen molar-refractivity contribution in [2.75, 3.05) is 26.3 Å². The van der Waals surface area contributed by atoms with Gasteiger partial charge in [-0.05, 0) is 49.1 Å². The van der Waals surface area contributed by atoms with Gasteiger partial charge in [-0.3, -0.25) is 14.5 Å². The molecule has 10 nitrogen and oxygen atoms in total. The molecule has 1 aliphatic carbocycles. The molecule has 6 aliphatic rings. The standard InChI is InChI=1S/C31H44N2O8/c1-20-4-9-25-21(2)28(38-29-31(25)24(20)12-13-30(3,39-29)40-41-31)37-27(35)11-10-26(34)32-18-22-5-7-23(8-6-22)19-33-14-16-36-17-15-33/h5-8,20-21,24-25,28-29H,4,9-19H2,1-3H3,(H,32,34)/t20-,21-,24-,25-,28+,29-,30+,31-/m1/s1. The maximum Gasteiger partial charge on any atom is 0.308 e. The molecule has 5 heterocycles. The zero-order valence-electron chi connectivity index (χ0n) is 24.5. The van der Waals surface area contributed by atoms with Crippen LogP contribution in [-0.2, 0) is 51.4 Å². The van der Waals surface area contributed by atoms with E-state index >= 15 is 0 Å². The number of nitrogens with one attached hydrogen (secondary N) is 1. The van der Waals surface area contributed by atoms with E-state index in [1.165, 1.54) is 5.56 Å². The summed E-state index contributed by atoms with van der Waals surface area (Å²) in [6, 6.07) is 8.26. The number of benzene rings is 1. The van der Waals surface area contributed by atoms with Gasteiger partial charge in [0.1, 0.15) is 0 Å². The van der Waals surface area contributed by atoms with Crippen molar-refractivity contribution in [3.63, 3.8) is 0 Å². The Morgan fingerprint density at radius 2 is 1.76 bits per heavy atom. The highest BCUT2D eigenvalue weighted by Gasteiger charge is 2.69. The highest BCUT2D eigenvalue weighted by molar-refractivity contribution is 5.81. The molecule has 8 atom stereocenters. The number of amides is 1. The van der Waals surface area contributed by atoms with Crippen LogP contribution in [-0.4, -0.2) is 67.0 Å². The molecule has 0 aromatic heterocycles. The Morgan fingerprint density at radius 3 is 2.54 bits per heavy atom. The number of hydrogen-bond donors (Lipinski definition) is 1. The fraction of sp³-hybridized carbons (Fsp3) is 0.742. The lowest BCUT2D eigenvalue weighted by Crippen LogP contribution is -2.70. The first-order valence-electron chi connectivity index (χ1n) is 15.3. The number of ether oxygens (including phenoxy) is 4. The Bertz CT molecular complexity index is 1090. The number of fused-ring (bicyclic) bond motifs is 2. The predicted molar refractivity (Wildman–Crippen MR) is 147 cm³/mol. The molecular formula is C31H44N2O8. The number of rotatable bonds is 8. The quantitative estimate of drug-likeness (QED) is 0.369. The molecule has 1 amide bonds. The van der Waals surface area contributed by atoms with E-state index in [1.54, 1.807) is 0 Å². The van der Waals surface area contributed by atoms with Crippen LogP contribution < -0.4 is 5.32 Å². The average Bonchev–Trinajstić information content (AvgIpc) is 3.20. The Kier molecular flexibility index (Phi) is 8.42. The summed E-state index contributed by atoms with van der Waals surface area (Å²) in [4.78, 5) is 39.7. The van der Waals surface area contributed by atoms with Crippen LogP contribution in [0.2, 0.25) is 0 Å². The minimum absolute atomic E-state index is 0.0186. The number of carbonyl (C=O) groups is 2. The van der Waals surface area contributed by atoms with Crippen LogP contribution in [0.3, 0.4) is 0 Å². The van der Waals surface area contributed by atoms with Crippen molar-refractivity contribution >= 4 is 11.9 Å². The first-order valence-corrected chi connectivity index (χ1v) is 15.3. The topological polar surface area (TPSA) is 105 Å². The molecule has 1 aromatic carbocycles. The van der Waals surface area contributed by atoms with Crippen molar-refractivity contribution in [3.8, 4) is 0 Å². The van der Waals surface area contributed by atoms with Gasteiger partial charge in [0.2, 0.25) is 18.0 Å². The molecule has 1 aromatic rings. The van der Waals surface area contributed by atoms with Crippen LogP contribution >= 0.6 is 0 Å². The number of esters is 1. The zero-order valence-corrected chi connectivity index (χ0v) is 24.5. The van der Waals surface area contributed by atoms with Crippen LogP contribution in [0.1, 0.15) is 70.4 Å². The van der Waals surface area contributed by atoms with Gasteiger partial charge in [-0.2, -0.15) is 0 Å². The number of nitrogens with zero attached hydrogens (tertiary/aromatic N) is 1. The van der Waals surface area contributed by atoms with E-state index in [-0.39, 0.29) is 36.5 Å². The van der Waals surface area contributed by atoms with E-state index in [2.05, 4.69) is 29.3 Å². The molecule has 1 saturated carbocycles. The lowest BCUT2D eigenvalue weighted by molar-refractivity contribution is -0.576. The van der Waals surface area contributed by atoms with Gasteiger partial charge in [0.15, 0.2) is 11.9 Å². The second-order valence-corrected chi connectivity index (χ2v) is 12.7. The largest absolute Gasteiger partial charge is 0.435 e. The molecule has 6 fully saturated rings. The van der Waals surface area contributed by atoms with Crippen LogP contribution in [0.25, 0.3) is 0 Å². The summed E-state index contributed by atoms with van der Waals surface area (Å²) < 4.78 is 23.9. The molecule has 5 saturated heterocycles. The van der Waals surface area contributed by atoms with E-state index in [0.29, 0.717) is 12.5 Å². The molecule has 0 unspecified atom stereocenters. The van der Waals surface area contributed by atoms with Crippen molar-refractivity contribution in [3.05, 3.63) is 35.4 Å². The summed E-state index contributed by atoms with van der Waals surface area (Å²) >= 11 is 0. The second kappa shape index (κ2) is 11.9. The molecule has 1 spiro atoms. The average molecular weight is 573 g/mol. The zero-order chi connectivity index (χ0) is 28.6. The van der Waals surface area contributed by atoms with Crippen LogP contribution in [0.15, 0.2) is 24.3 Å². The minimum atomic E-state index is -0.881. The van der Waals surface area contributed by atoms with Crippen LogP contribution in [0, 0.1) is 23.7 Å². The molecule has 10 heteroatoms. The molecule has 1 N–H and O–H groups in total. The number of hydrogen-bond acceptors (Lipinski definition) is 9.